The lowest BCUT2D eigenvalue weighted by atomic mass is 10.2. The summed E-state index contributed by atoms with van der Waals surface area (Å²) >= 11 is 0. The van der Waals surface area contributed by atoms with Crippen molar-refractivity contribution in [1.82, 2.24) is 9.88 Å². The van der Waals surface area contributed by atoms with E-state index in [4.69, 9.17) is 14.2 Å². The quantitative estimate of drug-likeness (QED) is 0.759. The van der Waals surface area contributed by atoms with Gasteiger partial charge in [0.1, 0.15) is 11.8 Å². The molecule has 0 spiro atoms. The molecule has 0 N–H and O–H groups in total. The standard InChI is InChI=1S/C14H20N2O4/c1-10-6-12(18-2)7-11(15-10)8-16-4-5-20-9-13(16)14(17)19-3/h6-7,13H,4-5,8-9H2,1-3H3. The molecule has 1 unspecified atom stereocenters. The average Bonchev–Trinajstić information content (AvgIpc) is 2.46. The number of carbonyl (C=O) groups is 1. The fourth-order valence-corrected chi connectivity index (χ4v) is 2.29. The van der Waals surface area contributed by atoms with Crippen molar-refractivity contribution in [3.05, 3.63) is 23.5 Å². The lowest BCUT2D eigenvalue weighted by Gasteiger charge is -2.33. The predicted octanol–water partition coefficient (Wildman–Crippen LogP) is 0.772. The van der Waals surface area contributed by atoms with Crippen molar-refractivity contribution in [1.29, 1.82) is 0 Å². The van der Waals surface area contributed by atoms with Crippen molar-refractivity contribution in [3.8, 4) is 5.75 Å². The van der Waals surface area contributed by atoms with Gasteiger partial charge in [0, 0.05) is 30.9 Å². The molecule has 0 amide bonds. The Labute approximate surface area is 118 Å². The van der Waals surface area contributed by atoms with E-state index in [0.29, 0.717) is 26.3 Å². The number of aromatic nitrogens is 1. The molecular weight excluding hydrogens is 260 g/mol. The minimum Gasteiger partial charge on any atom is -0.497 e. The van der Waals surface area contributed by atoms with E-state index in [1.807, 2.05) is 24.0 Å². The van der Waals surface area contributed by atoms with Gasteiger partial charge in [0.2, 0.25) is 0 Å². The van der Waals surface area contributed by atoms with Crippen LogP contribution in [0.4, 0.5) is 0 Å². The van der Waals surface area contributed by atoms with Crippen LogP contribution >= 0.6 is 0 Å². The Hall–Kier alpha value is -1.66. The highest BCUT2D eigenvalue weighted by Crippen LogP contribution is 2.17. The van der Waals surface area contributed by atoms with E-state index >= 15 is 0 Å². The molecule has 1 aliphatic rings. The van der Waals surface area contributed by atoms with Gasteiger partial charge in [-0.3, -0.25) is 14.7 Å². The number of methoxy groups -OCH3 is 2. The van der Waals surface area contributed by atoms with E-state index in [-0.39, 0.29) is 12.0 Å². The maximum atomic E-state index is 11.8. The van der Waals surface area contributed by atoms with Gasteiger partial charge < -0.3 is 14.2 Å². The summed E-state index contributed by atoms with van der Waals surface area (Å²) in [6, 6.07) is 3.39. The van der Waals surface area contributed by atoms with Crippen LogP contribution in [0.1, 0.15) is 11.4 Å². The first-order valence-corrected chi connectivity index (χ1v) is 6.55. The van der Waals surface area contributed by atoms with Crippen LogP contribution in [0, 0.1) is 6.92 Å². The summed E-state index contributed by atoms with van der Waals surface area (Å²) in [5.41, 5.74) is 1.76. The van der Waals surface area contributed by atoms with Crippen LogP contribution in [0.5, 0.6) is 5.75 Å². The fourth-order valence-electron chi connectivity index (χ4n) is 2.29. The number of ether oxygens (including phenoxy) is 3. The van der Waals surface area contributed by atoms with E-state index in [1.165, 1.54) is 7.11 Å². The Morgan fingerprint density at radius 2 is 2.30 bits per heavy atom. The SMILES string of the molecule is COC(=O)C1COCCN1Cc1cc(OC)cc(C)n1. The smallest absolute Gasteiger partial charge is 0.325 e. The third kappa shape index (κ3) is 3.46. The Bertz CT molecular complexity index is 478. The molecule has 1 atom stereocenters. The van der Waals surface area contributed by atoms with Crippen LogP contribution in [0.25, 0.3) is 0 Å². The van der Waals surface area contributed by atoms with Crippen LogP contribution in [0.3, 0.4) is 0 Å². The van der Waals surface area contributed by atoms with Crippen molar-refractivity contribution in [2.75, 3.05) is 34.0 Å². The van der Waals surface area contributed by atoms with Crippen LogP contribution in [-0.4, -0.2) is 55.9 Å². The van der Waals surface area contributed by atoms with Gasteiger partial charge in [-0.15, -0.1) is 0 Å². The van der Waals surface area contributed by atoms with Crippen molar-refractivity contribution in [2.24, 2.45) is 0 Å². The number of hydrogen-bond donors (Lipinski definition) is 0. The third-order valence-corrected chi connectivity index (χ3v) is 3.29. The summed E-state index contributed by atoms with van der Waals surface area (Å²) in [7, 11) is 3.02. The van der Waals surface area contributed by atoms with E-state index < -0.39 is 0 Å². The monoisotopic (exact) mass is 280 g/mol. The van der Waals surface area contributed by atoms with E-state index in [1.54, 1.807) is 7.11 Å². The number of morpholine rings is 1. The molecule has 1 aromatic heterocycles. The first kappa shape index (κ1) is 14.7. The highest BCUT2D eigenvalue weighted by molar-refractivity contribution is 5.75. The van der Waals surface area contributed by atoms with Gasteiger partial charge in [-0.1, -0.05) is 0 Å². The molecule has 1 aromatic rings. The highest BCUT2D eigenvalue weighted by atomic mass is 16.5. The van der Waals surface area contributed by atoms with E-state index in [9.17, 15) is 4.79 Å². The summed E-state index contributed by atoms with van der Waals surface area (Å²) in [4.78, 5) is 18.3. The largest absolute Gasteiger partial charge is 0.497 e. The minimum absolute atomic E-state index is 0.274. The fraction of sp³-hybridized carbons (Fsp3) is 0.571. The Morgan fingerprint density at radius 3 is 3.00 bits per heavy atom. The summed E-state index contributed by atoms with van der Waals surface area (Å²) < 4.78 is 15.4. The number of carbonyl (C=O) groups excluding carboxylic acids is 1. The third-order valence-electron chi connectivity index (χ3n) is 3.29. The Balaban J connectivity index is 2.14. The van der Waals surface area contributed by atoms with Crippen LogP contribution < -0.4 is 4.74 Å². The first-order chi connectivity index (χ1) is 9.63. The first-order valence-electron chi connectivity index (χ1n) is 6.55. The molecule has 20 heavy (non-hydrogen) atoms. The maximum absolute atomic E-state index is 11.8. The number of nitrogens with zero attached hydrogens (tertiary/aromatic N) is 2. The van der Waals surface area contributed by atoms with Gasteiger partial charge in [-0.25, -0.2) is 0 Å². The summed E-state index contributed by atoms with van der Waals surface area (Å²) in [6.45, 7) is 4.13. The number of esters is 1. The number of aryl methyl sites for hydroxylation is 1. The van der Waals surface area contributed by atoms with E-state index in [0.717, 1.165) is 17.1 Å². The molecular formula is C14H20N2O4. The summed E-state index contributed by atoms with van der Waals surface area (Å²) in [5.74, 6) is 0.500. The molecule has 6 nitrogen and oxygen atoms in total. The summed E-state index contributed by atoms with van der Waals surface area (Å²) in [5, 5.41) is 0. The molecule has 0 aromatic carbocycles. The minimum atomic E-state index is -0.373. The molecule has 6 heteroatoms. The average molecular weight is 280 g/mol. The van der Waals surface area contributed by atoms with Crippen molar-refractivity contribution >= 4 is 5.97 Å². The van der Waals surface area contributed by atoms with Gasteiger partial charge in [-0.2, -0.15) is 0 Å². The molecule has 0 aliphatic carbocycles. The highest BCUT2D eigenvalue weighted by Gasteiger charge is 2.30. The lowest BCUT2D eigenvalue weighted by Crippen LogP contribution is -2.49. The Kier molecular flexibility index (Phi) is 4.92. The topological polar surface area (TPSA) is 60.9 Å². The maximum Gasteiger partial charge on any atom is 0.325 e. The second kappa shape index (κ2) is 6.67. The zero-order valence-electron chi connectivity index (χ0n) is 12.1. The molecule has 2 rings (SSSR count). The van der Waals surface area contributed by atoms with Crippen LogP contribution in [-0.2, 0) is 20.8 Å². The number of rotatable bonds is 4. The molecule has 1 aliphatic heterocycles. The van der Waals surface area contributed by atoms with Crippen molar-refractivity contribution < 1.29 is 19.0 Å². The second-order valence-electron chi connectivity index (χ2n) is 4.72. The van der Waals surface area contributed by atoms with Gasteiger partial charge in [0.05, 0.1) is 33.1 Å². The number of pyridine rings is 1. The predicted molar refractivity (Wildman–Crippen MR) is 72.6 cm³/mol. The second-order valence-corrected chi connectivity index (χ2v) is 4.72. The van der Waals surface area contributed by atoms with Gasteiger partial charge in [0.25, 0.3) is 0 Å². The van der Waals surface area contributed by atoms with Crippen LogP contribution in [0.15, 0.2) is 12.1 Å². The van der Waals surface area contributed by atoms with Crippen molar-refractivity contribution in [2.45, 2.75) is 19.5 Å². The van der Waals surface area contributed by atoms with Crippen LogP contribution in [0.2, 0.25) is 0 Å². The molecule has 0 saturated carbocycles. The molecule has 1 fully saturated rings. The zero-order chi connectivity index (χ0) is 14.5. The van der Waals surface area contributed by atoms with Gasteiger partial charge in [0.15, 0.2) is 0 Å². The van der Waals surface area contributed by atoms with Crippen molar-refractivity contribution in [3.63, 3.8) is 0 Å². The van der Waals surface area contributed by atoms with E-state index in [2.05, 4.69) is 4.98 Å². The normalized spacial score (nSPS) is 19.6. The van der Waals surface area contributed by atoms with Gasteiger partial charge in [-0.05, 0) is 6.92 Å². The molecule has 2 heterocycles. The molecule has 0 bridgehead atoms. The Morgan fingerprint density at radius 1 is 1.50 bits per heavy atom. The summed E-state index contributed by atoms with van der Waals surface area (Å²) in [6.07, 6.45) is 0. The van der Waals surface area contributed by atoms with Gasteiger partial charge >= 0.3 is 5.97 Å². The molecule has 0 radical (unpaired) electrons. The number of hydrogen-bond acceptors (Lipinski definition) is 6. The molecule has 1 saturated heterocycles. The zero-order valence-corrected chi connectivity index (χ0v) is 12.1. The lowest BCUT2D eigenvalue weighted by molar-refractivity contribution is -0.153. The molecule has 110 valence electrons.